The van der Waals surface area contributed by atoms with Crippen LogP contribution in [-0.4, -0.2) is 60.3 Å². The van der Waals surface area contributed by atoms with Crippen molar-refractivity contribution in [3.8, 4) is 11.3 Å². The van der Waals surface area contributed by atoms with Gasteiger partial charge in [-0.05, 0) is 101 Å². The number of hydrogen-bond donors (Lipinski definition) is 3. The summed E-state index contributed by atoms with van der Waals surface area (Å²) in [5.74, 6) is 2.24. The molecule has 0 radical (unpaired) electrons. The van der Waals surface area contributed by atoms with Gasteiger partial charge in [-0.3, -0.25) is 9.59 Å². The normalized spacial score (nSPS) is 25.1. The van der Waals surface area contributed by atoms with E-state index in [4.69, 9.17) is 0 Å². The number of carbonyl (C=O) groups excluding carboxylic acids is 2. The van der Waals surface area contributed by atoms with Crippen molar-refractivity contribution in [3.05, 3.63) is 45.8 Å². The van der Waals surface area contributed by atoms with Gasteiger partial charge in [0.15, 0.2) is 0 Å². The zero-order chi connectivity index (χ0) is 31.5. The molecule has 3 N–H and O–H groups in total. The first-order chi connectivity index (χ1) is 21.6. The molecule has 2 saturated carbocycles. The van der Waals surface area contributed by atoms with E-state index in [-0.39, 0.29) is 23.7 Å². The van der Waals surface area contributed by atoms with Crippen LogP contribution in [0.25, 0.3) is 21.5 Å². The monoisotopic (exact) mass is 628 g/mol. The van der Waals surface area contributed by atoms with Crippen LogP contribution >= 0.6 is 11.3 Å². The number of Topliss-reactive ketones (excluding diaryl/α,β-unsaturated/α-hetero) is 1. The smallest absolute Gasteiger partial charge is 0.225 e. The number of nitrogens with one attached hydrogen (secondary N) is 3. The Labute approximate surface area is 273 Å². The fraction of sp³-hybridized carbons (Fsp3) is 0.632. The number of thiophene rings is 1. The molecule has 242 valence electrons. The van der Waals surface area contributed by atoms with E-state index < -0.39 is 5.41 Å². The minimum Gasteiger partial charge on any atom is -0.355 e. The molecule has 1 aromatic carbocycles. The van der Waals surface area contributed by atoms with Gasteiger partial charge in [0, 0.05) is 54.3 Å². The summed E-state index contributed by atoms with van der Waals surface area (Å²) in [6, 6.07) is 9.35. The van der Waals surface area contributed by atoms with Gasteiger partial charge < -0.3 is 20.5 Å². The molecule has 7 heteroatoms. The number of likely N-dealkylation sites (tertiary alicyclic amines) is 1. The first-order valence-corrected chi connectivity index (χ1v) is 18.4. The fourth-order valence-corrected chi connectivity index (χ4v) is 10.2. The Kier molecular flexibility index (Phi) is 8.49. The summed E-state index contributed by atoms with van der Waals surface area (Å²) in [7, 11) is 0. The molecule has 7 rings (SSSR count). The highest BCUT2D eigenvalue weighted by Crippen LogP contribution is 2.46. The number of carbonyl (C=O) groups is 2. The third-order valence-corrected chi connectivity index (χ3v) is 13.0. The van der Waals surface area contributed by atoms with E-state index in [0.717, 1.165) is 47.4 Å². The molecule has 2 bridgehead atoms. The van der Waals surface area contributed by atoms with Crippen LogP contribution in [0.1, 0.15) is 93.2 Å². The Bertz CT molecular complexity index is 1530. The van der Waals surface area contributed by atoms with Gasteiger partial charge in [0.05, 0.1) is 17.0 Å². The minimum absolute atomic E-state index is 0.103. The van der Waals surface area contributed by atoms with Crippen molar-refractivity contribution in [3.63, 3.8) is 0 Å². The Morgan fingerprint density at radius 1 is 1.02 bits per heavy atom. The Balaban J connectivity index is 1.11. The zero-order valence-electron chi connectivity index (χ0n) is 27.9. The lowest BCUT2D eigenvalue weighted by Crippen LogP contribution is -2.55. The number of fused-ring (bicyclic) bond motifs is 3. The second-order valence-electron chi connectivity index (χ2n) is 15.6. The second kappa shape index (κ2) is 12.3. The predicted octanol–water partition coefficient (Wildman–Crippen LogP) is 7.09. The molecule has 2 saturated heterocycles. The van der Waals surface area contributed by atoms with Crippen molar-refractivity contribution in [1.29, 1.82) is 0 Å². The molecule has 4 aliphatic rings. The molecule has 4 fully saturated rings. The zero-order valence-corrected chi connectivity index (χ0v) is 28.7. The van der Waals surface area contributed by atoms with Crippen LogP contribution in [0, 0.1) is 37.5 Å². The summed E-state index contributed by atoms with van der Waals surface area (Å²) in [6.07, 6.45) is 9.13. The van der Waals surface area contributed by atoms with Crippen molar-refractivity contribution >= 4 is 33.2 Å². The second-order valence-corrected chi connectivity index (χ2v) is 16.6. The first-order valence-electron chi connectivity index (χ1n) is 17.6. The third kappa shape index (κ3) is 5.94. The summed E-state index contributed by atoms with van der Waals surface area (Å²) >= 11 is 1.74. The van der Waals surface area contributed by atoms with E-state index in [2.05, 4.69) is 79.4 Å². The molecular weight excluding hydrogens is 577 g/mol. The van der Waals surface area contributed by atoms with E-state index in [0.29, 0.717) is 24.3 Å². The first kappa shape index (κ1) is 31.1. The van der Waals surface area contributed by atoms with Gasteiger partial charge in [-0.2, -0.15) is 0 Å². The van der Waals surface area contributed by atoms with Crippen molar-refractivity contribution in [2.75, 3.05) is 32.7 Å². The van der Waals surface area contributed by atoms with Crippen molar-refractivity contribution < 1.29 is 9.59 Å². The number of hydrogen-bond acceptors (Lipinski definition) is 5. The number of benzene rings is 1. The van der Waals surface area contributed by atoms with Gasteiger partial charge >= 0.3 is 0 Å². The Morgan fingerprint density at radius 3 is 2.40 bits per heavy atom. The standard InChI is InChI=1S/C38H52N4O2S/c1-22-13-23(2)15-27(14-22)34-32(24(3)17-40-36(44)28-20-42(21-28)19-25-9-7-6-8-10-25)29-16-31(45-37(29)41-34)38(4,5)35(43)33-26-11-12-30(33)39-18-26/h13-16,24-26,28,30,33,39,41H,6-12,17-21H2,1-5H3,(H,40,44)/t24-,26?,30?,33?/m1/s1. The lowest BCUT2D eigenvalue weighted by Gasteiger charge is -2.41. The van der Waals surface area contributed by atoms with E-state index >= 15 is 0 Å². The summed E-state index contributed by atoms with van der Waals surface area (Å²) in [5, 5.41) is 8.12. The van der Waals surface area contributed by atoms with Crippen LogP contribution in [0.2, 0.25) is 0 Å². The number of aryl methyl sites for hydroxylation is 2. The molecule has 2 aromatic heterocycles. The highest BCUT2D eigenvalue weighted by molar-refractivity contribution is 7.19. The topological polar surface area (TPSA) is 77.2 Å². The van der Waals surface area contributed by atoms with Gasteiger partial charge in [0.1, 0.15) is 10.6 Å². The van der Waals surface area contributed by atoms with Crippen LogP contribution in [0.3, 0.4) is 0 Å². The molecule has 6 nitrogen and oxygen atoms in total. The molecule has 2 aliphatic heterocycles. The van der Waals surface area contributed by atoms with Crippen LogP contribution in [0.5, 0.6) is 0 Å². The average molecular weight is 629 g/mol. The van der Waals surface area contributed by atoms with E-state index in [1.165, 1.54) is 72.7 Å². The molecule has 4 atom stereocenters. The average Bonchev–Trinajstić information content (AvgIpc) is 3.77. The molecule has 45 heavy (non-hydrogen) atoms. The van der Waals surface area contributed by atoms with Crippen molar-refractivity contribution in [2.45, 2.75) is 96.9 Å². The van der Waals surface area contributed by atoms with Crippen LogP contribution < -0.4 is 10.6 Å². The molecule has 0 spiro atoms. The predicted molar refractivity (Wildman–Crippen MR) is 185 cm³/mol. The van der Waals surface area contributed by atoms with Crippen molar-refractivity contribution in [1.82, 2.24) is 20.5 Å². The molecule has 3 unspecified atom stereocenters. The maximum Gasteiger partial charge on any atom is 0.225 e. The van der Waals surface area contributed by atoms with Crippen LogP contribution in [-0.2, 0) is 15.0 Å². The number of aromatic amines is 1. The minimum atomic E-state index is -0.537. The van der Waals surface area contributed by atoms with Crippen LogP contribution in [0.4, 0.5) is 0 Å². The van der Waals surface area contributed by atoms with Gasteiger partial charge in [-0.1, -0.05) is 43.4 Å². The number of amides is 1. The third-order valence-electron chi connectivity index (χ3n) is 11.7. The molecule has 4 heterocycles. The summed E-state index contributed by atoms with van der Waals surface area (Å²) in [6.45, 7) is 15.3. The van der Waals surface area contributed by atoms with Gasteiger partial charge in [0.2, 0.25) is 5.91 Å². The Morgan fingerprint density at radius 2 is 1.76 bits per heavy atom. The maximum atomic E-state index is 14.0. The lowest BCUT2D eigenvalue weighted by atomic mass is 9.76. The highest BCUT2D eigenvalue weighted by atomic mass is 32.1. The molecular formula is C38H52N4O2S. The lowest BCUT2D eigenvalue weighted by molar-refractivity contribution is -0.130. The summed E-state index contributed by atoms with van der Waals surface area (Å²) in [4.78, 5) is 35.8. The van der Waals surface area contributed by atoms with Gasteiger partial charge in [0.25, 0.3) is 0 Å². The molecule has 1 amide bonds. The van der Waals surface area contributed by atoms with Gasteiger partial charge in [-0.15, -0.1) is 11.3 Å². The van der Waals surface area contributed by atoms with Crippen molar-refractivity contribution in [2.24, 2.45) is 23.7 Å². The fourth-order valence-electron chi connectivity index (χ4n) is 9.06. The number of aromatic nitrogens is 1. The van der Waals surface area contributed by atoms with E-state index in [9.17, 15) is 9.59 Å². The van der Waals surface area contributed by atoms with Gasteiger partial charge in [-0.25, -0.2) is 0 Å². The molecule has 2 aliphatic carbocycles. The number of ketones is 1. The Hall–Kier alpha value is -2.48. The van der Waals surface area contributed by atoms with E-state index in [1.54, 1.807) is 11.3 Å². The SMILES string of the molecule is Cc1cc(C)cc(-c2[nH]c3sc(C(C)(C)C(=O)C4C5CCC4NC5)cc3c2[C@H](C)CNC(=O)C2CN(CC3CCCCC3)C2)c1. The number of rotatable bonds is 10. The summed E-state index contributed by atoms with van der Waals surface area (Å²) in [5.41, 5.74) is 5.52. The molecule has 3 aromatic rings. The largest absolute Gasteiger partial charge is 0.355 e. The summed E-state index contributed by atoms with van der Waals surface area (Å²) < 4.78 is 0. The highest BCUT2D eigenvalue weighted by Gasteiger charge is 2.50. The number of H-pyrrole nitrogens is 1. The number of nitrogens with zero attached hydrogens (tertiary/aromatic N) is 1. The van der Waals surface area contributed by atoms with Crippen LogP contribution in [0.15, 0.2) is 24.3 Å². The quantitative estimate of drug-likeness (QED) is 0.224. The number of piperidine rings is 1. The van der Waals surface area contributed by atoms with E-state index in [1.807, 2.05) is 0 Å². The maximum absolute atomic E-state index is 14.0.